The molecule has 0 amide bonds. The fourth-order valence-electron chi connectivity index (χ4n) is 1.69. The van der Waals surface area contributed by atoms with E-state index in [1.807, 2.05) is 26.0 Å². The van der Waals surface area contributed by atoms with Gasteiger partial charge in [0.1, 0.15) is 0 Å². The van der Waals surface area contributed by atoms with Crippen LogP contribution in [-0.2, 0) is 5.75 Å². The number of hydrogen-bond donors (Lipinski definition) is 2. The van der Waals surface area contributed by atoms with E-state index in [0.717, 1.165) is 21.5 Å². The fourth-order valence-corrected chi connectivity index (χ4v) is 3.13. The van der Waals surface area contributed by atoms with Crippen LogP contribution in [0.4, 0.5) is 5.95 Å². The molecule has 0 saturated heterocycles. The highest BCUT2D eigenvalue weighted by Crippen LogP contribution is 2.36. The van der Waals surface area contributed by atoms with Crippen molar-refractivity contribution in [2.24, 2.45) is 0 Å². The molecular formula is C13H17BrN4O2S. The summed E-state index contributed by atoms with van der Waals surface area (Å²) in [5.41, 5.74) is 6.58. The molecule has 0 aliphatic carbocycles. The third kappa shape index (κ3) is 4.28. The summed E-state index contributed by atoms with van der Waals surface area (Å²) in [6, 6.07) is 3.90. The number of aromatic amines is 1. The maximum atomic E-state index is 5.63. The topological polar surface area (TPSA) is 86.0 Å². The summed E-state index contributed by atoms with van der Waals surface area (Å²) < 4.78 is 12.2. The monoisotopic (exact) mass is 372 g/mol. The van der Waals surface area contributed by atoms with E-state index in [9.17, 15) is 0 Å². The van der Waals surface area contributed by atoms with Gasteiger partial charge in [0.15, 0.2) is 11.5 Å². The highest BCUT2D eigenvalue weighted by Gasteiger charge is 2.12. The molecule has 1 aromatic carbocycles. The van der Waals surface area contributed by atoms with Crippen LogP contribution in [0.1, 0.15) is 19.4 Å². The lowest BCUT2D eigenvalue weighted by Crippen LogP contribution is -2.00. The molecule has 3 N–H and O–H groups in total. The van der Waals surface area contributed by atoms with E-state index in [1.165, 1.54) is 11.8 Å². The predicted octanol–water partition coefficient (Wildman–Crippen LogP) is 3.24. The normalized spacial score (nSPS) is 10.6. The van der Waals surface area contributed by atoms with Crippen LogP contribution >= 0.6 is 27.7 Å². The van der Waals surface area contributed by atoms with E-state index in [4.69, 9.17) is 15.2 Å². The molecule has 0 atom stereocenters. The van der Waals surface area contributed by atoms with Crippen LogP contribution < -0.4 is 15.2 Å². The third-order valence-electron chi connectivity index (χ3n) is 2.55. The molecule has 2 aromatic rings. The van der Waals surface area contributed by atoms with Gasteiger partial charge in [-0.15, -0.1) is 5.10 Å². The van der Waals surface area contributed by atoms with Crippen LogP contribution in [0.25, 0.3) is 0 Å². The lowest BCUT2D eigenvalue weighted by molar-refractivity contribution is 0.287. The lowest BCUT2D eigenvalue weighted by atomic mass is 10.2. The van der Waals surface area contributed by atoms with E-state index >= 15 is 0 Å². The Balaban J connectivity index is 2.16. The second-order valence-corrected chi connectivity index (χ2v) is 5.85. The predicted molar refractivity (Wildman–Crippen MR) is 86.8 cm³/mol. The van der Waals surface area contributed by atoms with Crippen molar-refractivity contribution in [3.8, 4) is 11.5 Å². The maximum Gasteiger partial charge on any atom is 0.216 e. The Morgan fingerprint density at radius 3 is 2.48 bits per heavy atom. The highest BCUT2D eigenvalue weighted by molar-refractivity contribution is 9.10. The van der Waals surface area contributed by atoms with Gasteiger partial charge in [0.25, 0.3) is 0 Å². The molecule has 0 unspecified atom stereocenters. The van der Waals surface area contributed by atoms with Crippen LogP contribution in [0.3, 0.4) is 0 Å². The Hall–Kier alpha value is -1.41. The van der Waals surface area contributed by atoms with Gasteiger partial charge in [0.05, 0.1) is 13.2 Å². The molecule has 2 rings (SSSR count). The van der Waals surface area contributed by atoms with Crippen molar-refractivity contribution in [3.05, 3.63) is 22.2 Å². The van der Waals surface area contributed by atoms with Gasteiger partial charge in [-0.3, -0.25) is 0 Å². The summed E-state index contributed by atoms with van der Waals surface area (Å²) in [6.07, 6.45) is 0. The van der Waals surface area contributed by atoms with Crippen molar-refractivity contribution < 1.29 is 9.47 Å². The molecule has 1 heterocycles. The second kappa shape index (κ2) is 7.56. The summed E-state index contributed by atoms with van der Waals surface area (Å²) in [5, 5.41) is 7.23. The zero-order chi connectivity index (χ0) is 15.2. The number of nitrogens with two attached hydrogens (primary N) is 1. The number of benzene rings is 1. The molecular weight excluding hydrogens is 356 g/mol. The molecule has 0 aliphatic rings. The number of hydrogen-bond acceptors (Lipinski definition) is 6. The van der Waals surface area contributed by atoms with E-state index < -0.39 is 0 Å². The zero-order valence-corrected chi connectivity index (χ0v) is 14.3. The van der Waals surface area contributed by atoms with Crippen molar-refractivity contribution in [3.63, 3.8) is 0 Å². The SMILES string of the molecule is CCOc1cc(Br)c(CSc2n[nH]c(N)n2)cc1OCC. The van der Waals surface area contributed by atoms with Crippen molar-refractivity contribution in [2.75, 3.05) is 18.9 Å². The van der Waals surface area contributed by atoms with Crippen molar-refractivity contribution in [1.82, 2.24) is 15.2 Å². The number of H-pyrrole nitrogens is 1. The number of ether oxygens (including phenoxy) is 2. The fraction of sp³-hybridized carbons (Fsp3) is 0.385. The number of rotatable bonds is 7. The van der Waals surface area contributed by atoms with Crippen molar-refractivity contribution in [2.45, 2.75) is 24.8 Å². The molecule has 1 aromatic heterocycles. The number of nitrogen functional groups attached to an aromatic ring is 1. The smallest absolute Gasteiger partial charge is 0.216 e. The Labute approximate surface area is 135 Å². The minimum Gasteiger partial charge on any atom is -0.490 e. The van der Waals surface area contributed by atoms with E-state index in [2.05, 4.69) is 31.1 Å². The maximum absolute atomic E-state index is 5.63. The number of halogens is 1. The minimum absolute atomic E-state index is 0.318. The van der Waals surface area contributed by atoms with Crippen LogP contribution in [0.5, 0.6) is 11.5 Å². The largest absolute Gasteiger partial charge is 0.490 e. The first-order valence-corrected chi connectivity index (χ1v) is 8.30. The molecule has 21 heavy (non-hydrogen) atoms. The van der Waals surface area contributed by atoms with Gasteiger partial charge in [-0.05, 0) is 31.5 Å². The summed E-state index contributed by atoms with van der Waals surface area (Å²) in [6.45, 7) is 5.08. The van der Waals surface area contributed by atoms with Crippen molar-refractivity contribution >= 4 is 33.6 Å². The summed E-state index contributed by atoms with van der Waals surface area (Å²) >= 11 is 5.05. The van der Waals surface area contributed by atoms with Crippen LogP contribution in [-0.4, -0.2) is 28.4 Å². The quantitative estimate of drug-likeness (QED) is 0.725. The number of anilines is 1. The van der Waals surface area contributed by atoms with Gasteiger partial charge in [-0.25, -0.2) is 5.10 Å². The number of nitrogens with one attached hydrogen (secondary N) is 1. The Morgan fingerprint density at radius 1 is 1.24 bits per heavy atom. The standard InChI is InChI=1S/C13H17BrN4O2S/c1-3-19-10-5-8(9(14)6-11(10)20-4-2)7-21-13-16-12(15)17-18-13/h5-6H,3-4,7H2,1-2H3,(H3,15,16,17,18). The van der Waals surface area contributed by atoms with Crippen LogP contribution in [0.2, 0.25) is 0 Å². The summed E-state index contributed by atoms with van der Waals surface area (Å²) in [4.78, 5) is 4.06. The summed E-state index contributed by atoms with van der Waals surface area (Å²) in [7, 11) is 0. The van der Waals surface area contributed by atoms with Gasteiger partial charge in [-0.1, -0.05) is 27.7 Å². The third-order valence-corrected chi connectivity index (χ3v) is 4.19. The first kappa shape index (κ1) is 16.0. The second-order valence-electron chi connectivity index (χ2n) is 4.05. The molecule has 8 heteroatoms. The Kier molecular flexibility index (Phi) is 5.75. The van der Waals surface area contributed by atoms with Crippen LogP contribution in [0.15, 0.2) is 21.8 Å². The van der Waals surface area contributed by atoms with E-state index in [-0.39, 0.29) is 0 Å². The van der Waals surface area contributed by atoms with E-state index in [1.54, 1.807) is 0 Å². The van der Waals surface area contributed by atoms with Gasteiger partial charge in [-0.2, -0.15) is 4.98 Å². The first-order chi connectivity index (χ1) is 10.1. The molecule has 6 nitrogen and oxygen atoms in total. The van der Waals surface area contributed by atoms with Gasteiger partial charge >= 0.3 is 0 Å². The summed E-state index contributed by atoms with van der Waals surface area (Å²) in [5.74, 6) is 2.50. The minimum atomic E-state index is 0.318. The highest BCUT2D eigenvalue weighted by atomic mass is 79.9. The first-order valence-electron chi connectivity index (χ1n) is 6.52. The number of nitrogens with zero attached hydrogens (tertiary/aromatic N) is 2. The number of aromatic nitrogens is 3. The average molecular weight is 373 g/mol. The average Bonchev–Trinajstić information content (AvgIpc) is 2.86. The molecule has 0 saturated carbocycles. The lowest BCUT2D eigenvalue weighted by Gasteiger charge is -2.13. The molecule has 0 aliphatic heterocycles. The Bertz CT molecular complexity index is 606. The zero-order valence-electron chi connectivity index (χ0n) is 11.9. The molecule has 0 bridgehead atoms. The molecule has 0 spiro atoms. The van der Waals surface area contributed by atoms with Gasteiger partial charge in [0.2, 0.25) is 11.1 Å². The molecule has 0 fully saturated rings. The van der Waals surface area contributed by atoms with Crippen LogP contribution in [0, 0.1) is 0 Å². The van der Waals surface area contributed by atoms with Gasteiger partial charge < -0.3 is 15.2 Å². The molecule has 0 radical (unpaired) electrons. The molecule has 114 valence electrons. The number of thioether (sulfide) groups is 1. The van der Waals surface area contributed by atoms with E-state index in [0.29, 0.717) is 30.1 Å². The van der Waals surface area contributed by atoms with Gasteiger partial charge in [0, 0.05) is 10.2 Å². The van der Waals surface area contributed by atoms with Crippen molar-refractivity contribution in [1.29, 1.82) is 0 Å². The Morgan fingerprint density at radius 2 is 1.90 bits per heavy atom.